The second kappa shape index (κ2) is 7.78. The molecule has 2 aromatic carbocycles. The monoisotopic (exact) mass is 380 g/mol. The molecule has 0 spiro atoms. The van der Waals surface area contributed by atoms with Crippen LogP contribution >= 0.6 is 0 Å². The van der Waals surface area contributed by atoms with Gasteiger partial charge in [0.05, 0.1) is 0 Å². The van der Waals surface area contributed by atoms with E-state index < -0.39 is 17.6 Å². The number of likely N-dealkylation sites (tertiary alicyclic amines) is 1. The SMILES string of the molecule is C=Cc1cc(N(C)C)ccc1-c1ccc([C@]2(OC)C[C@@H](C(=O)O)N(C)C2)cc1. The summed E-state index contributed by atoms with van der Waals surface area (Å²) in [6.45, 7) is 4.51. The van der Waals surface area contributed by atoms with Gasteiger partial charge in [-0.05, 0) is 41.4 Å². The van der Waals surface area contributed by atoms with Gasteiger partial charge in [0.25, 0.3) is 0 Å². The van der Waals surface area contributed by atoms with Crippen molar-refractivity contribution in [1.82, 2.24) is 4.90 Å². The summed E-state index contributed by atoms with van der Waals surface area (Å²) in [7, 11) is 7.52. The van der Waals surface area contributed by atoms with Crippen molar-refractivity contribution in [2.75, 3.05) is 39.7 Å². The fourth-order valence-electron chi connectivity index (χ4n) is 4.01. The fourth-order valence-corrected chi connectivity index (χ4v) is 4.01. The summed E-state index contributed by atoms with van der Waals surface area (Å²) in [5, 5.41) is 9.46. The van der Waals surface area contributed by atoms with Gasteiger partial charge in [-0.2, -0.15) is 0 Å². The molecule has 1 fully saturated rings. The summed E-state index contributed by atoms with van der Waals surface area (Å²) in [5.74, 6) is -0.811. The first-order valence-corrected chi connectivity index (χ1v) is 9.34. The van der Waals surface area contributed by atoms with Gasteiger partial charge in [0.2, 0.25) is 0 Å². The van der Waals surface area contributed by atoms with Crippen molar-refractivity contribution >= 4 is 17.7 Å². The molecular formula is C23H28N2O3. The van der Waals surface area contributed by atoms with Crippen LogP contribution in [-0.2, 0) is 15.1 Å². The van der Waals surface area contributed by atoms with Gasteiger partial charge >= 0.3 is 5.97 Å². The molecular weight excluding hydrogens is 352 g/mol. The third kappa shape index (κ3) is 3.55. The van der Waals surface area contributed by atoms with Crippen LogP contribution in [0, 0.1) is 0 Å². The lowest BCUT2D eigenvalue weighted by Gasteiger charge is -2.28. The molecule has 2 atom stereocenters. The Hall–Kier alpha value is -2.63. The van der Waals surface area contributed by atoms with Crippen molar-refractivity contribution in [2.24, 2.45) is 0 Å². The number of likely N-dealkylation sites (N-methyl/N-ethyl adjacent to an activating group) is 1. The molecule has 0 unspecified atom stereocenters. The third-order valence-corrected chi connectivity index (χ3v) is 5.73. The molecule has 5 heteroatoms. The highest BCUT2D eigenvalue weighted by Gasteiger charge is 2.47. The van der Waals surface area contributed by atoms with E-state index in [0.29, 0.717) is 13.0 Å². The van der Waals surface area contributed by atoms with Gasteiger partial charge in [0.1, 0.15) is 11.6 Å². The smallest absolute Gasteiger partial charge is 0.321 e. The fraction of sp³-hybridized carbons (Fsp3) is 0.348. The van der Waals surface area contributed by atoms with Crippen molar-refractivity contribution in [1.29, 1.82) is 0 Å². The average molecular weight is 380 g/mol. The average Bonchev–Trinajstić information content (AvgIpc) is 3.05. The minimum Gasteiger partial charge on any atom is -0.480 e. The zero-order valence-electron chi connectivity index (χ0n) is 17.0. The number of carboxylic acid groups (broad SMARTS) is 1. The van der Waals surface area contributed by atoms with E-state index in [-0.39, 0.29) is 0 Å². The van der Waals surface area contributed by atoms with E-state index in [9.17, 15) is 9.90 Å². The van der Waals surface area contributed by atoms with Crippen LogP contribution in [0.2, 0.25) is 0 Å². The van der Waals surface area contributed by atoms with E-state index in [1.807, 2.05) is 44.3 Å². The molecule has 1 aliphatic heterocycles. The largest absolute Gasteiger partial charge is 0.480 e. The summed E-state index contributed by atoms with van der Waals surface area (Å²) in [5.41, 5.74) is 4.81. The van der Waals surface area contributed by atoms with Crippen molar-refractivity contribution < 1.29 is 14.6 Å². The number of carboxylic acids is 1. The predicted molar refractivity (Wildman–Crippen MR) is 114 cm³/mol. The highest BCUT2D eigenvalue weighted by atomic mass is 16.5. The number of hydrogen-bond acceptors (Lipinski definition) is 4. The first kappa shape index (κ1) is 20.1. The van der Waals surface area contributed by atoms with Crippen molar-refractivity contribution in [2.45, 2.75) is 18.1 Å². The molecule has 0 aliphatic carbocycles. The number of anilines is 1. The Morgan fingerprint density at radius 3 is 2.46 bits per heavy atom. The highest BCUT2D eigenvalue weighted by Crippen LogP contribution is 2.39. The van der Waals surface area contributed by atoms with E-state index in [2.05, 4.69) is 41.8 Å². The van der Waals surface area contributed by atoms with Gasteiger partial charge in [0, 0.05) is 39.9 Å². The van der Waals surface area contributed by atoms with Gasteiger partial charge in [-0.1, -0.05) is 43.0 Å². The molecule has 0 aromatic heterocycles. The Kier molecular flexibility index (Phi) is 5.59. The maximum atomic E-state index is 11.5. The molecule has 148 valence electrons. The Labute approximate surface area is 166 Å². The molecule has 5 nitrogen and oxygen atoms in total. The Balaban J connectivity index is 1.94. The van der Waals surface area contributed by atoms with Crippen LogP contribution in [0.25, 0.3) is 17.2 Å². The molecule has 1 saturated heterocycles. The van der Waals surface area contributed by atoms with Crippen molar-refractivity contribution in [3.05, 3.63) is 60.2 Å². The first-order valence-electron chi connectivity index (χ1n) is 9.34. The molecule has 0 amide bonds. The number of nitrogens with zero attached hydrogens (tertiary/aromatic N) is 2. The summed E-state index contributed by atoms with van der Waals surface area (Å²) in [4.78, 5) is 15.4. The number of aliphatic carboxylic acids is 1. The minimum absolute atomic E-state index is 0.435. The van der Waals surface area contributed by atoms with E-state index in [4.69, 9.17) is 4.74 Å². The molecule has 1 N–H and O–H groups in total. The van der Waals surface area contributed by atoms with Crippen LogP contribution in [-0.4, -0.2) is 56.8 Å². The molecule has 0 radical (unpaired) electrons. The van der Waals surface area contributed by atoms with E-state index >= 15 is 0 Å². The topological polar surface area (TPSA) is 53.0 Å². The molecule has 28 heavy (non-hydrogen) atoms. The normalized spacial score (nSPS) is 22.2. The highest BCUT2D eigenvalue weighted by molar-refractivity contribution is 5.78. The van der Waals surface area contributed by atoms with Crippen molar-refractivity contribution in [3.8, 4) is 11.1 Å². The molecule has 0 bridgehead atoms. The quantitative estimate of drug-likeness (QED) is 0.828. The summed E-state index contributed by atoms with van der Waals surface area (Å²) in [6, 6.07) is 14.0. The van der Waals surface area contributed by atoms with E-state index in [1.165, 1.54) is 0 Å². The van der Waals surface area contributed by atoms with Crippen LogP contribution in [0.15, 0.2) is 49.0 Å². The maximum absolute atomic E-state index is 11.5. The van der Waals surface area contributed by atoms with Crippen LogP contribution in [0.3, 0.4) is 0 Å². The lowest BCUT2D eigenvalue weighted by Crippen LogP contribution is -2.33. The summed E-state index contributed by atoms with van der Waals surface area (Å²) < 4.78 is 5.84. The predicted octanol–water partition coefficient (Wildman–Crippen LogP) is 3.69. The molecule has 1 heterocycles. The Bertz CT molecular complexity index is 876. The molecule has 2 aromatic rings. The Morgan fingerprint density at radius 2 is 1.96 bits per heavy atom. The zero-order chi connectivity index (χ0) is 20.5. The number of ether oxygens (including phenoxy) is 1. The lowest BCUT2D eigenvalue weighted by molar-refractivity contribution is -0.141. The maximum Gasteiger partial charge on any atom is 0.321 e. The van der Waals surface area contributed by atoms with E-state index in [1.54, 1.807) is 7.11 Å². The standard InChI is InChI=1S/C23H28N2O3/c1-6-16-13-19(24(2)3)11-12-20(16)17-7-9-18(10-8-17)23(28-5)14-21(22(26)27)25(4)15-23/h6-13,21H,1,14-15H2,2-5H3,(H,26,27)/t21-,23-/m0/s1. The van der Waals surface area contributed by atoms with Crippen LogP contribution in [0.5, 0.6) is 0 Å². The zero-order valence-corrected chi connectivity index (χ0v) is 17.0. The molecule has 0 saturated carbocycles. The van der Waals surface area contributed by atoms with E-state index in [0.717, 1.165) is 27.9 Å². The first-order chi connectivity index (χ1) is 13.3. The lowest BCUT2D eigenvalue weighted by atomic mass is 9.89. The van der Waals surface area contributed by atoms with Gasteiger partial charge < -0.3 is 14.7 Å². The number of rotatable bonds is 6. The van der Waals surface area contributed by atoms with Crippen LogP contribution in [0.1, 0.15) is 17.5 Å². The summed E-state index contributed by atoms with van der Waals surface area (Å²) in [6.07, 6.45) is 2.31. The third-order valence-electron chi connectivity index (χ3n) is 5.73. The summed E-state index contributed by atoms with van der Waals surface area (Å²) >= 11 is 0. The van der Waals surface area contributed by atoms with Gasteiger partial charge in [-0.25, -0.2) is 0 Å². The van der Waals surface area contributed by atoms with Crippen LogP contribution in [0.4, 0.5) is 5.69 Å². The number of benzene rings is 2. The Morgan fingerprint density at radius 1 is 1.29 bits per heavy atom. The second-order valence-electron chi connectivity index (χ2n) is 7.62. The van der Waals surface area contributed by atoms with Gasteiger partial charge in [-0.3, -0.25) is 9.69 Å². The minimum atomic E-state index is -0.811. The van der Waals surface area contributed by atoms with Crippen molar-refractivity contribution in [3.63, 3.8) is 0 Å². The molecule has 1 aliphatic rings. The molecule has 3 rings (SSSR count). The number of methoxy groups -OCH3 is 1. The number of carbonyl (C=O) groups is 1. The second-order valence-corrected chi connectivity index (χ2v) is 7.62. The number of hydrogen-bond donors (Lipinski definition) is 1. The van der Waals surface area contributed by atoms with Gasteiger partial charge in [0.15, 0.2) is 0 Å². The van der Waals surface area contributed by atoms with Gasteiger partial charge in [-0.15, -0.1) is 0 Å². The van der Waals surface area contributed by atoms with Crippen LogP contribution < -0.4 is 4.90 Å².